The number of nitrogens with zero attached hydrogens (tertiary/aromatic N) is 2. The molecule has 0 spiro atoms. The van der Waals surface area contributed by atoms with Crippen LogP contribution in [0.1, 0.15) is 25.3 Å². The van der Waals surface area contributed by atoms with Gasteiger partial charge in [-0.05, 0) is 35.7 Å². The summed E-state index contributed by atoms with van der Waals surface area (Å²) in [6.45, 7) is 4.15. The van der Waals surface area contributed by atoms with Gasteiger partial charge in [-0.25, -0.2) is 0 Å². The smallest absolute Gasteiger partial charge is 0.262 e. The van der Waals surface area contributed by atoms with E-state index in [1.807, 2.05) is 24.3 Å². The van der Waals surface area contributed by atoms with Crippen LogP contribution in [0.3, 0.4) is 0 Å². The summed E-state index contributed by atoms with van der Waals surface area (Å²) in [7, 11) is 0. The van der Waals surface area contributed by atoms with Crippen LogP contribution in [0.25, 0.3) is 11.0 Å². The van der Waals surface area contributed by atoms with Crippen molar-refractivity contribution in [3.63, 3.8) is 0 Å². The summed E-state index contributed by atoms with van der Waals surface area (Å²) in [5, 5.41) is 3.17. The van der Waals surface area contributed by atoms with Gasteiger partial charge in [0.05, 0.1) is 22.4 Å². The van der Waals surface area contributed by atoms with Gasteiger partial charge < -0.3 is 10.1 Å². The minimum atomic E-state index is -0.301. The molecule has 3 rings (SSSR count). The molecule has 24 heavy (non-hydrogen) atoms. The average Bonchev–Trinajstić information content (AvgIpc) is 3.05. The average molecular weight is 362 g/mol. The van der Waals surface area contributed by atoms with Gasteiger partial charge in [0.2, 0.25) is 0 Å². The molecule has 0 unspecified atom stereocenters. The summed E-state index contributed by atoms with van der Waals surface area (Å²) in [6.07, 6.45) is 0. The Morgan fingerprint density at radius 2 is 1.96 bits per heavy atom. The fourth-order valence-electron chi connectivity index (χ4n) is 2.22. The Labute approximate surface area is 148 Å². The first-order valence-electron chi connectivity index (χ1n) is 7.48. The van der Waals surface area contributed by atoms with Gasteiger partial charge in [0.25, 0.3) is 5.91 Å². The van der Waals surface area contributed by atoms with E-state index in [1.165, 1.54) is 5.56 Å². The Morgan fingerprint density at radius 3 is 2.67 bits per heavy atom. The molecule has 1 amide bonds. The van der Waals surface area contributed by atoms with E-state index in [2.05, 4.69) is 27.9 Å². The molecule has 1 aromatic heterocycles. The quantitative estimate of drug-likeness (QED) is 0.727. The Morgan fingerprint density at radius 1 is 1.21 bits per heavy atom. The van der Waals surface area contributed by atoms with Gasteiger partial charge in [-0.15, -0.1) is 0 Å². The van der Waals surface area contributed by atoms with Crippen molar-refractivity contribution in [2.24, 2.45) is 0 Å². The lowest BCUT2D eigenvalue weighted by Crippen LogP contribution is -2.20. The maximum absolute atomic E-state index is 12.1. The molecular weight excluding hydrogens is 346 g/mol. The summed E-state index contributed by atoms with van der Waals surface area (Å²) in [6, 6.07) is 11.2. The number of anilines is 1. The summed E-state index contributed by atoms with van der Waals surface area (Å²) in [5.74, 6) is 0.802. The van der Waals surface area contributed by atoms with Gasteiger partial charge in [-0.2, -0.15) is 8.75 Å². The zero-order valence-corrected chi connectivity index (χ0v) is 14.8. The number of rotatable bonds is 5. The molecule has 5 nitrogen and oxygen atoms in total. The predicted molar refractivity (Wildman–Crippen MR) is 97.1 cm³/mol. The maximum atomic E-state index is 12.1. The highest BCUT2D eigenvalue weighted by molar-refractivity contribution is 7.00. The molecule has 0 aliphatic rings. The Kier molecular flexibility index (Phi) is 4.97. The van der Waals surface area contributed by atoms with Crippen LogP contribution >= 0.6 is 23.3 Å². The lowest BCUT2D eigenvalue weighted by Gasteiger charge is -2.10. The summed E-state index contributed by atoms with van der Waals surface area (Å²) < 4.78 is 13.8. The third-order valence-corrected chi connectivity index (χ3v) is 4.42. The van der Waals surface area contributed by atoms with Crippen LogP contribution < -0.4 is 10.1 Å². The number of halogens is 1. The molecule has 0 radical (unpaired) electrons. The van der Waals surface area contributed by atoms with Crippen LogP contribution in [0, 0.1) is 0 Å². The summed E-state index contributed by atoms with van der Waals surface area (Å²) in [4.78, 5) is 12.1. The number of carbonyl (C=O) groups is 1. The third kappa shape index (κ3) is 3.66. The van der Waals surface area contributed by atoms with Gasteiger partial charge in [0.1, 0.15) is 16.8 Å². The summed E-state index contributed by atoms with van der Waals surface area (Å²) >= 11 is 7.23. The topological polar surface area (TPSA) is 64.1 Å². The molecule has 2 aromatic carbocycles. The number of nitrogens with one attached hydrogen (secondary N) is 1. The maximum Gasteiger partial charge on any atom is 0.262 e. The Hall–Kier alpha value is -2.18. The molecule has 0 bridgehead atoms. The molecule has 3 aromatic rings. The molecule has 124 valence electrons. The first-order valence-corrected chi connectivity index (χ1v) is 8.59. The van der Waals surface area contributed by atoms with Crippen molar-refractivity contribution >= 4 is 46.0 Å². The highest BCUT2D eigenvalue weighted by atomic mass is 35.5. The van der Waals surface area contributed by atoms with Crippen molar-refractivity contribution in [2.75, 3.05) is 11.9 Å². The van der Waals surface area contributed by atoms with E-state index in [0.717, 1.165) is 11.7 Å². The highest BCUT2D eigenvalue weighted by Crippen LogP contribution is 2.29. The van der Waals surface area contributed by atoms with Crippen molar-refractivity contribution in [3.8, 4) is 5.75 Å². The second kappa shape index (κ2) is 7.15. The van der Waals surface area contributed by atoms with Crippen molar-refractivity contribution in [3.05, 3.63) is 47.0 Å². The molecule has 0 aliphatic carbocycles. The van der Waals surface area contributed by atoms with E-state index < -0.39 is 0 Å². The predicted octanol–water partition coefficient (Wildman–Crippen LogP) is 4.49. The van der Waals surface area contributed by atoms with Crippen LogP contribution in [0.2, 0.25) is 5.02 Å². The number of amides is 1. The lowest BCUT2D eigenvalue weighted by atomic mass is 10.0. The Balaban J connectivity index is 1.65. The zero-order chi connectivity index (χ0) is 17.1. The molecule has 0 aliphatic heterocycles. The first-order chi connectivity index (χ1) is 11.5. The van der Waals surface area contributed by atoms with Crippen LogP contribution in [0.5, 0.6) is 5.75 Å². The van der Waals surface area contributed by atoms with E-state index in [9.17, 15) is 4.79 Å². The van der Waals surface area contributed by atoms with Gasteiger partial charge in [0, 0.05) is 0 Å². The van der Waals surface area contributed by atoms with Crippen molar-refractivity contribution < 1.29 is 9.53 Å². The van der Waals surface area contributed by atoms with E-state index in [-0.39, 0.29) is 12.5 Å². The van der Waals surface area contributed by atoms with Crippen LogP contribution in [-0.2, 0) is 4.79 Å². The molecule has 0 saturated heterocycles. The monoisotopic (exact) mass is 361 g/mol. The normalized spacial score (nSPS) is 11.0. The third-order valence-electron chi connectivity index (χ3n) is 3.56. The molecule has 0 saturated carbocycles. The zero-order valence-electron chi connectivity index (χ0n) is 13.2. The number of aromatic nitrogens is 2. The Bertz CT molecular complexity index is 862. The van der Waals surface area contributed by atoms with E-state index in [0.29, 0.717) is 33.4 Å². The number of fused-ring (bicyclic) bond motifs is 1. The van der Waals surface area contributed by atoms with Crippen LogP contribution in [-0.4, -0.2) is 21.3 Å². The molecule has 0 atom stereocenters. The number of hydrogen-bond acceptors (Lipinski definition) is 5. The van der Waals surface area contributed by atoms with Crippen LogP contribution in [0.4, 0.5) is 5.69 Å². The fraction of sp³-hybridized carbons (Fsp3) is 0.235. The van der Waals surface area contributed by atoms with E-state index in [4.69, 9.17) is 16.3 Å². The minimum Gasteiger partial charge on any atom is -0.484 e. The van der Waals surface area contributed by atoms with Crippen LogP contribution in [0.15, 0.2) is 36.4 Å². The van der Waals surface area contributed by atoms with Gasteiger partial charge in [-0.1, -0.05) is 37.6 Å². The second-order valence-corrected chi connectivity index (χ2v) is 6.55. The molecular formula is C17H16ClN3O2S. The van der Waals surface area contributed by atoms with E-state index >= 15 is 0 Å². The minimum absolute atomic E-state index is 0.106. The lowest BCUT2D eigenvalue weighted by molar-refractivity contribution is -0.118. The largest absolute Gasteiger partial charge is 0.484 e. The molecule has 1 heterocycles. The van der Waals surface area contributed by atoms with Crippen molar-refractivity contribution in [2.45, 2.75) is 19.8 Å². The second-order valence-electron chi connectivity index (χ2n) is 5.61. The fourth-order valence-corrected chi connectivity index (χ4v) is 2.96. The van der Waals surface area contributed by atoms with Gasteiger partial charge >= 0.3 is 0 Å². The number of carbonyl (C=O) groups excluding carboxylic acids is 1. The standard InChI is InChI=1S/C17H16ClN3O2S/c1-10(2)11-3-5-12(6-4-11)23-9-15(22)19-16-13(18)7-8-14-17(16)21-24-20-14/h3-8,10H,9H2,1-2H3,(H,19,22). The van der Waals surface area contributed by atoms with Crippen molar-refractivity contribution in [1.29, 1.82) is 0 Å². The number of hydrogen-bond donors (Lipinski definition) is 1. The SMILES string of the molecule is CC(C)c1ccc(OCC(=O)Nc2c(Cl)ccc3nsnc23)cc1. The number of ether oxygens (including phenoxy) is 1. The first kappa shape index (κ1) is 16.7. The van der Waals surface area contributed by atoms with Gasteiger partial charge in [0.15, 0.2) is 6.61 Å². The molecule has 1 N–H and O–H groups in total. The summed E-state index contributed by atoms with van der Waals surface area (Å²) in [5.41, 5.74) is 2.97. The number of benzene rings is 2. The molecule has 7 heteroatoms. The van der Waals surface area contributed by atoms with Crippen molar-refractivity contribution in [1.82, 2.24) is 8.75 Å². The van der Waals surface area contributed by atoms with E-state index in [1.54, 1.807) is 12.1 Å². The highest BCUT2D eigenvalue weighted by Gasteiger charge is 2.13. The van der Waals surface area contributed by atoms with Gasteiger partial charge in [-0.3, -0.25) is 4.79 Å². The molecule has 0 fully saturated rings.